The van der Waals surface area contributed by atoms with E-state index in [1.807, 2.05) is 6.92 Å². The summed E-state index contributed by atoms with van der Waals surface area (Å²) in [6, 6.07) is 0.370. The second-order valence-electron chi connectivity index (χ2n) is 6.21. The van der Waals surface area contributed by atoms with Gasteiger partial charge in [-0.2, -0.15) is 0 Å². The lowest BCUT2D eigenvalue weighted by Crippen LogP contribution is -2.55. The Morgan fingerprint density at radius 2 is 2.22 bits per heavy atom. The molecule has 2 fully saturated rings. The Morgan fingerprint density at radius 1 is 1.50 bits per heavy atom. The molecular weight excluding hydrogens is 230 g/mol. The van der Waals surface area contributed by atoms with E-state index >= 15 is 0 Å². The van der Waals surface area contributed by atoms with E-state index in [4.69, 9.17) is 4.74 Å². The van der Waals surface area contributed by atoms with Gasteiger partial charge in [0, 0.05) is 12.6 Å². The van der Waals surface area contributed by atoms with E-state index in [2.05, 4.69) is 18.7 Å². The standard InChI is InChI=1S/C14H25NO3/c1-10(2)12-9-11(5-8-18-12)15-7-4-6-14(15,3)13(16)17/h10-12H,4-9H2,1-3H3,(H,16,17). The van der Waals surface area contributed by atoms with Gasteiger partial charge in [0.2, 0.25) is 0 Å². The second kappa shape index (κ2) is 5.17. The molecule has 0 bridgehead atoms. The number of carboxylic acid groups (broad SMARTS) is 1. The number of likely N-dealkylation sites (tertiary alicyclic amines) is 1. The number of aliphatic carboxylic acids is 1. The minimum atomic E-state index is -0.674. The lowest BCUT2D eigenvalue weighted by atomic mass is 9.91. The molecule has 4 heteroatoms. The van der Waals surface area contributed by atoms with Crippen molar-refractivity contribution in [3.05, 3.63) is 0 Å². The van der Waals surface area contributed by atoms with Crippen LogP contribution in [-0.4, -0.2) is 46.8 Å². The number of nitrogens with zero attached hydrogens (tertiary/aromatic N) is 1. The summed E-state index contributed by atoms with van der Waals surface area (Å²) in [6.07, 6.45) is 3.98. The molecule has 0 aliphatic carbocycles. The molecule has 0 saturated carbocycles. The molecule has 3 unspecified atom stereocenters. The average molecular weight is 255 g/mol. The molecule has 0 amide bonds. The van der Waals surface area contributed by atoms with Crippen LogP contribution in [0.2, 0.25) is 0 Å². The van der Waals surface area contributed by atoms with Gasteiger partial charge in [0.25, 0.3) is 0 Å². The first-order valence-corrected chi connectivity index (χ1v) is 7.07. The van der Waals surface area contributed by atoms with Gasteiger partial charge in [0.05, 0.1) is 6.10 Å². The number of rotatable bonds is 3. The highest BCUT2D eigenvalue weighted by atomic mass is 16.5. The van der Waals surface area contributed by atoms with Gasteiger partial charge in [-0.15, -0.1) is 0 Å². The van der Waals surface area contributed by atoms with Crippen LogP contribution in [0.5, 0.6) is 0 Å². The van der Waals surface area contributed by atoms with Crippen LogP contribution >= 0.6 is 0 Å². The molecule has 4 nitrogen and oxygen atoms in total. The summed E-state index contributed by atoms with van der Waals surface area (Å²) >= 11 is 0. The number of hydrogen-bond acceptors (Lipinski definition) is 3. The number of carboxylic acids is 1. The molecule has 2 saturated heterocycles. The van der Waals surface area contributed by atoms with Crippen molar-refractivity contribution in [3.63, 3.8) is 0 Å². The van der Waals surface area contributed by atoms with Crippen LogP contribution in [0.25, 0.3) is 0 Å². The van der Waals surface area contributed by atoms with Crippen molar-refractivity contribution in [2.24, 2.45) is 5.92 Å². The minimum Gasteiger partial charge on any atom is -0.480 e. The van der Waals surface area contributed by atoms with Gasteiger partial charge in [-0.3, -0.25) is 9.69 Å². The zero-order chi connectivity index (χ0) is 13.3. The molecule has 3 atom stereocenters. The molecular formula is C14H25NO3. The molecule has 18 heavy (non-hydrogen) atoms. The van der Waals surface area contributed by atoms with Gasteiger partial charge in [-0.1, -0.05) is 13.8 Å². The van der Waals surface area contributed by atoms with Crippen molar-refractivity contribution in [2.75, 3.05) is 13.2 Å². The predicted molar refractivity (Wildman–Crippen MR) is 69.6 cm³/mol. The van der Waals surface area contributed by atoms with Crippen LogP contribution in [0, 0.1) is 5.92 Å². The Bertz CT molecular complexity index is 318. The summed E-state index contributed by atoms with van der Waals surface area (Å²) in [6.45, 7) is 7.90. The molecule has 2 aliphatic rings. The molecule has 0 aromatic rings. The van der Waals surface area contributed by atoms with Crippen molar-refractivity contribution >= 4 is 5.97 Å². The van der Waals surface area contributed by atoms with Crippen LogP contribution in [-0.2, 0) is 9.53 Å². The topological polar surface area (TPSA) is 49.8 Å². The van der Waals surface area contributed by atoms with E-state index in [-0.39, 0.29) is 6.10 Å². The molecule has 2 heterocycles. The Labute approximate surface area is 109 Å². The first kappa shape index (κ1) is 13.8. The van der Waals surface area contributed by atoms with E-state index in [0.29, 0.717) is 12.0 Å². The van der Waals surface area contributed by atoms with Gasteiger partial charge in [-0.05, 0) is 45.1 Å². The predicted octanol–water partition coefficient (Wildman–Crippen LogP) is 2.13. The van der Waals surface area contributed by atoms with E-state index in [0.717, 1.165) is 38.8 Å². The SMILES string of the molecule is CC(C)C1CC(N2CCCC2(C)C(=O)O)CCO1. The van der Waals surface area contributed by atoms with Gasteiger partial charge in [-0.25, -0.2) is 0 Å². The zero-order valence-electron chi connectivity index (χ0n) is 11.7. The van der Waals surface area contributed by atoms with Crippen molar-refractivity contribution < 1.29 is 14.6 Å². The van der Waals surface area contributed by atoms with Gasteiger partial charge < -0.3 is 9.84 Å². The molecule has 0 aromatic carbocycles. The third-order valence-corrected chi connectivity index (χ3v) is 4.63. The zero-order valence-corrected chi connectivity index (χ0v) is 11.7. The molecule has 0 radical (unpaired) electrons. The monoisotopic (exact) mass is 255 g/mol. The first-order chi connectivity index (χ1) is 8.45. The summed E-state index contributed by atoms with van der Waals surface area (Å²) in [7, 11) is 0. The Morgan fingerprint density at radius 3 is 2.83 bits per heavy atom. The maximum absolute atomic E-state index is 11.5. The maximum atomic E-state index is 11.5. The van der Waals surface area contributed by atoms with Crippen molar-refractivity contribution in [1.82, 2.24) is 4.90 Å². The normalized spacial score (nSPS) is 38.2. The molecule has 1 N–H and O–H groups in total. The lowest BCUT2D eigenvalue weighted by Gasteiger charge is -2.42. The van der Waals surface area contributed by atoms with Crippen molar-refractivity contribution in [3.8, 4) is 0 Å². The van der Waals surface area contributed by atoms with Crippen LogP contribution in [0.4, 0.5) is 0 Å². The number of hydrogen-bond donors (Lipinski definition) is 1. The fraction of sp³-hybridized carbons (Fsp3) is 0.929. The highest BCUT2D eigenvalue weighted by Gasteiger charge is 2.47. The minimum absolute atomic E-state index is 0.280. The van der Waals surface area contributed by atoms with Crippen LogP contribution in [0.1, 0.15) is 46.5 Å². The highest BCUT2D eigenvalue weighted by Crippen LogP contribution is 2.35. The van der Waals surface area contributed by atoms with Gasteiger partial charge in [0.15, 0.2) is 0 Å². The molecule has 2 rings (SSSR count). The molecule has 0 spiro atoms. The van der Waals surface area contributed by atoms with Gasteiger partial charge in [0.1, 0.15) is 5.54 Å². The van der Waals surface area contributed by atoms with E-state index in [9.17, 15) is 9.90 Å². The fourth-order valence-electron chi connectivity index (χ4n) is 3.36. The van der Waals surface area contributed by atoms with E-state index in [1.54, 1.807) is 0 Å². The third kappa shape index (κ3) is 2.41. The Balaban J connectivity index is 2.08. The van der Waals surface area contributed by atoms with E-state index < -0.39 is 11.5 Å². The average Bonchev–Trinajstić information content (AvgIpc) is 2.73. The largest absolute Gasteiger partial charge is 0.480 e. The summed E-state index contributed by atoms with van der Waals surface area (Å²) in [5, 5.41) is 9.48. The summed E-state index contributed by atoms with van der Waals surface area (Å²) in [4.78, 5) is 13.7. The third-order valence-electron chi connectivity index (χ3n) is 4.63. The Hall–Kier alpha value is -0.610. The Kier molecular flexibility index (Phi) is 3.97. The maximum Gasteiger partial charge on any atom is 0.323 e. The lowest BCUT2D eigenvalue weighted by molar-refractivity contribution is -0.152. The molecule has 2 aliphatic heterocycles. The number of ether oxygens (including phenoxy) is 1. The number of carbonyl (C=O) groups is 1. The summed E-state index contributed by atoms with van der Waals surface area (Å²) in [5.74, 6) is -0.168. The highest BCUT2D eigenvalue weighted by molar-refractivity contribution is 5.78. The van der Waals surface area contributed by atoms with E-state index in [1.165, 1.54) is 0 Å². The van der Waals surface area contributed by atoms with Crippen molar-refractivity contribution in [2.45, 2.75) is 64.1 Å². The van der Waals surface area contributed by atoms with Crippen LogP contribution in [0.15, 0.2) is 0 Å². The molecule has 0 aromatic heterocycles. The first-order valence-electron chi connectivity index (χ1n) is 7.07. The second-order valence-corrected chi connectivity index (χ2v) is 6.21. The van der Waals surface area contributed by atoms with Crippen LogP contribution in [0.3, 0.4) is 0 Å². The summed E-state index contributed by atoms with van der Waals surface area (Å²) < 4.78 is 5.78. The summed E-state index contributed by atoms with van der Waals surface area (Å²) in [5.41, 5.74) is -0.663. The van der Waals surface area contributed by atoms with Crippen LogP contribution < -0.4 is 0 Å². The quantitative estimate of drug-likeness (QED) is 0.839. The smallest absolute Gasteiger partial charge is 0.323 e. The molecule has 104 valence electrons. The van der Waals surface area contributed by atoms with Crippen molar-refractivity contribution in [1.29, 1.82) is 0 Å². The van der Waals surface area contributed by atoms with Gasteiger partial charge >= 0.3 is 5.97 Å². The fourth-order valence-corrected chi connectivity index (χ4v) is 3.36.